The molecular formula is C32H28O4. The van der Waals surface area contributed by atoms with Crippen molar-refractivity contribution in [2.75, 3.05) is 28.4 Å². The van der Waals surface area contributed by atoms with E-state index in [0.717, 1.165) is 44.6 Å². The highest BCUT2D eigenvalue weighted by molar-refractivity contribution is 6.08. The fourth-order valence-corrected chi connectivity index (χ4v) is 4.67. The number of fused-ring (bicyclic) bond motifs is 3. The fraction of sp³-hybridized carbons (Fsp3) is 0.125. The van der Waals surface area contributed by atoms with Crippen LogP contribution in [0.1, 0.15) is 11.1 Å². The number of benzene rings is 5. The maximum atomic E-state index is 5.53. The van der Waals surface area contributed by atoms with Gasteiger partial charge in [-0.3, -0.25) is 0 Å². The lowest BCUT2D eigenvalue weighted by Gasteiger charge is -2.10. The Kier molecular flexibility index (Phi) is 6.50. The van der Waals surface area contributed by atoms with Gasteiger partial charge in [0.15, 0.2) is 0 Å². The molecule has 180 valence electrons. The molecule has 0 saturated carbocycles. The van der Waals surface area contributed by atoms with Crippen molar-refractivity contribution in [3.63, 3.8) is 0 Å². The van der Waals surface area contributed by atoms with Crippen LogP contribution in [-0.2, 0) is 0 Å². The first-order valence-electron chi connectivity index (χ1n) is 11.7. The van der Waals surface area contributed by atoms with Crippen LogP contribution in [0, 0.1) is 0 Å². The third-order valence-electron chi connectivity index (χ3n) is 6.38. The summed E-state index contributed by atoms with van der Waals surface area (Å²) in [6.45, 7) is 0. The molecule has 5 rings (SSSR count). The lowest BCUT2D eigenvalue weighted by Crippen LogP contribution is -2.27. The second-order valence-corrected chi connectivity index (χ2v) is 8.50. The molecule has 4 heteroatoms. The van der Waals surface area contributed by atoms with E-state index in [9.17, 15) is 0 Å². The van der Waals surface area contributed by atoms with Crippen molar-refractivity contribution in [1.82, 2.24) is 0 Å². The van der Waals surface area contributed by atoms with Gasteiger partial charge in [-0.2, -0.15) is 0 Å². The van der Waals surface area contributed by atoms with Gasteiger partial charge in [-0.25, -0.2) is 0 Å². The minimum Gasteiger partial charge on any atom is -0.497 e. The molecule has 0 radical (unpaired) electrons. The van der Waals surface area contributed by atoms with Gasteiger partial charge in [0.2, 0.25) is 0 Å². The number of rotatable bonds is 6. The van der Waals surface area contributed by atoms with E-state index in [2.05, 4.69) is 60.7 Å². The minimum absolute atomic E-state index is 0.744. The molecule has 0 N–H and O–H groups in total. The van der Waals surface area contributed by atoms with Crippen LogP contribution in [0.15, 0.2) is 84.9 Å². The van der Waals surface area contributed by atoms with Gasteiger partial charge in [0.25, 0.3) is 0 Å². The Hall–Kier alpha value is -4.44. The summed E-state index contributed by atoms with van der Waals surface area (Å²) >= 11 is 0. The van der Waals surface area contributed by atoms with Crippen molar-refractivity contribution in [3.05, 3.63) is 106 Å². The molecule has 4 nitrogen and oxygen atoms in total. The van der Waals surface area contributed by atoms with Crippen molar-refractivity contribution >= 4 is 33.7 Å². The number of ether oxygens (including phenoxy) is 4. The van der Waals surface area contributed by atoms with Crippen LogP contribution in [0.4, 0.5) is 0 Å². The zero-order valence-corrected chi connectivity index (χ0v) is 20.9. The van der Waals surface area contributed by atoms with Crippen LogP contribution in [0.2, 0.25) is 0 Å². The maximum Gasteiger partial charge on any atom is 0.123 e. The summed E-state index contributed by atoms with van der Waals surface area (Å²) in [5, 5.41) is 6.96. The Balaban J connectivity index is 1.95. The van der Waals surface area contributed by atoms with E-state index in [0.29, 0.717) is 0 Å². The lowest BCUT2D eigenvalue weighted by atomic mass is 9.95. The van der Waals surface area contributed by atoms with Crippen LogP contribution >= 0.6 is 0 Å². The second-order valence-electron chi connectivity index (χ2n) is 8.50. The first-order chi connectivity index (χ1) is 17.6. The van der Waals surface area contributed by atoms with E-state index in [1.807, 2.05) is 36.4 Å². The molecule has 36 heavy (non-hydrogen) atoms. The summed E-state index contributed by atoms with van der Waals surface area (Å²) in [4.78, 5) is 0. The van der Waals surface area contributed by atoms with Crippen LogP contribution in [0.25, 0.3) is 33.7 Å². The van der Waals surface area contributed by atoms with Gasteiger partial charge >= 0.3 is 0 Å². The highest BCUT2D eigenvalue weighted by Gasteiger charge is 2.08. The molecule has 0 spiro atoms. The van der Waals surface area contributed by atoms with E-state index in [-0.39, 0.29) is 0 Å². The zero-order chi connectivity index (χ0) is 25.1. The average Bonchev–Trinajstić information content (AvgIpc) is 2.94. The Morgan fingerprint density at radius 1 is 0.417 bits per heavy atom. The smallest absolute Gasteiger partial charge is 0.123 e. The molecular weight excluding hydrogens is 448 g/mol. The van der Waals surface area contributed by atoms with E-state index in [1.165, 1.54) is 21.5 Å². The normalized spacial score (nSPS) is 12.2. The first kappa shape index (κ1) is 23.3. The van der Waals surface area contributed by atoms with Gasteiger partial charge in [0.05, 0.1) is 28.4 Å². The summed E-state index contributed by atoms with van der Waals surface area (Å²) in [7, 11) is 6.66. The number of hydrogen-bond donors (Lipinski definition) is 0. The molecule has 0 aliphatic carbocycles. The lowest BCUT2D eigenvalue weighted by molar-refractivity contribution is 0.394. The molecule has 5 aromatic rings. The first-order valence-corrected chi connectivity index (χ1v) is 11.7. The quantitative estimate of drug-likeness (QED) is 0.295. The largest absolute Gasteiger partial charge is 0.497 e. The highest BCUT2D eigenvalue weighted by atomic mass is 16.5. The maximum absolute atomic E-state index is 5.53. The van der Waals surface area contributed by atoms with Gasteiger partial charge in [-0.1, -0.05) is 48.5 Å². The fourth-order valence-electron chi connectivity index (χ4n) is 4.67. The highest BCUT2D eigenvalue weighted by Crippen LogP contribution is 2.26. The van der Waals surface area contributed by atoms with E-state index in [1.54, 1.807) is 28.4 Å². The third-order valence-corrected chi connectivity index (χ3v) is 6.38. The summed E-state index contributed by atoms with van der Waals surface area (Å²) < 4.78 is 22.1. The monoisotopic (exact) mass is 476 g/mol. The summed E-state index contributed by atoms with van der Waals surface area (Å²) in [6.07, 6.45) is 4.39. The predicted octanol–water partition coefficient (Wildman–Crippen LogP) is 5.69. The van der Waals surface area contributed by atoms with Gasteiger partial charge in [0.1, 0.15) is 23.0 Å². The topological polar surface area (TPSA) is 36.9 Å². The van der Waals surface area contributed by atoms with Gasteiger partial charge in [-0.15, -0.1) is 0 Å². The van der Waals surface area contributed by atoms with E-state index in [4.69, 9.17) is 18.9 Å². The molecule has 0 amide bonds. The average molecular weight is 477 g/mol. The molecule has 0 aliphatic rings. The van der Waals surface area contributed by atoms with Gasteiger partial charge < -0.3 is 18.9 Å². The number of hydrogen-bond acceptors (Lipinski definition) is 4. The van der Waals surface area contributed by atoms with Gasteiger partial charge in [0, 0.05) is 12.1 Å². The molecule has 0 unspecified atom stereocenters. The van der Waals surface area contributed by atoms with Crippen molar-refractivity contribution < 1.29 is 18.9 Å². The Labute approximate surface area is 210 Å². The minimum atomic E-state index is 0.744. The van der Waals surface area contributed by atoms with E-state index < -0.39 is 0 Å². The predicted molar refractivity (Wildman–Crippen MR) is 147 cm³/mol. The molecule has 0 aliphatic heterocycles. The summed E-state index contributed by atoms with van der Waals surface area (Å²) in [5.41, 5.74) is 1.98. The van der Waals surface area contributed by atoms with Gasteiger partial charge in [-0.05, 0) is 79.5 Å². The molecule has 0 aromatic heterocycles. The standard InChI is InChI=1S/C32H28O4/c1-33-23-13-21(14-24(19-23)34-2)17-31-29-11-7-5-9-27(29)28-10-6-8-12-30(28)32(31)18-22-15-25(35-3)20-26(16-22)36-4/h5-20H,1-4H3. The SMILES string of the molecule is COc1cc(C=c2c(=Cc3cc(OC)cc(OC)c3)c3ccccc3c3ccccc23)cc(OC)c1. The summed E-state index contributed by atoms with van der Waals surface area (Å²) in [6, 6.07) is 28.9. The second kappa shape index (κ2) is 10.0. The molecule has 0 bridgehead atoms. The van der Waals surface area contributed by atoms with Crippen LogP contribution in [-0.4, -0.2) is 28.4 Å². The zero-order valence-electron chi connectivity index (χ0n) is 20.9. The van der Waals surface area contributed by atoms with Crippen LogP contribution < -0.4 is 29.4 Å². The van der Waals surface area contributed by atoms with Crippen molar-refractivity contribution in [1.29, 1.82) is 0 Å². The van der Waals surface area contributed by atoms with Crippen molar-refractivity contribution in [2.45, 2.75) is 0 Å². The molecule has 5 aromatic carbocycles. The summed E-state index contributed by atoms with van der Waals surface area (Å²) in [5.74, 6) is 2.98. The van der Waals surface area contributed by atoms with Crippen molar-refractivity contribution in [3.8, 4) is 23.0 Å². The van der Waals surface area contributed by atoms with Crippen LogP contribution in [0.5, 0.6) is 23.0 Å². The van der Waals surface area contributed by atoms with E-state index >= 15 is 0 Å². The Bertz CT molecular complexity index is 1510. The van der Waals surface area contributed by atoms with Crippen molar-refractivity contribution in [2.24, 2.45) is 0 Å². The Morgan fingerprint density at radius 2 is 0.722 bits per heavy atom. The molecule has 0 atom stereocenters. The molecule has 0 heterocycles. The van der Waals surface area contributed by atoms with Crippen LogP contribution in [0.3, 0.4) is 0 Å². The third kappa shape index (κ3) is 4.46. The number of methoxy groups -OCH3 is 4. The molecule has 0 saturated heterocycles. The molecule has 0 fully saturated rings. The Morgan fingerprint density at radius 3 is 1.03 bits per heavy atom.